The highest BCUT2D eigenvalue weighted by Crippen LogP contribution is 2.39. The molecule has 0 fully saturated rings. The fourth-order valence-corrected chi connectivity index (χ4v) is 13.1. The van der Waals surface area contributed by atoms with Crippen molar-refractivity contribution in [1.82, 2.24) is 38.2 Å². The molecule has 8 heterocycles. The molecule has 0 amide bonds. The Morgan fingerprint density at radius 3 is 1.21 bits per heavy atom. The van der Waals surface area contributed by atoms with Crippen molar-refractivity contribution in [2.75, 3.05) is 0 Å². The maximum absolute atomic E-state index is 4.58. The van der Waals surface area contributed by atoms with Crippen LogP contribution in [0.1, 0.15) is 0 Å². The van der Waals surface area contributed by atoms with Crippen molar-refractivity contribution in [3.8, 4) is 22.7 Å². The standard InChI is InChI=1S/4C17H11BrN2/c18-14-9-4-10-15-16(14)13-8-5-11-19-17(13)20(15)12-6-2-1-3-7-12;18-13-8-4-9-14-16(13)17-15(10-5-11-19-17)20(14)12-6-2-1-3-7-12;18-14-7-4-8-16-17(14)13-11-19-10-9-15(13)20(16)12-5-2-1-3-6-12;18-14-7-4-8-15-17(14)13-9-10-19-11-16(13)20(15)12-5-2-1-3-6-12/h4*1-11H. The minimum Gasteiger partial charge on any atom is -0.309 e. The fraction of sp³-hybridized carbons (Fsp3) is 0. The number of hydrogen-bond acceptors (Lipinski definition) is 4. The van der Waals surface area contributed by atoms with Crippen LogP contribution in [0.2, 0.25) is 0 Å². The SMILES string of the molecule is Brc1cccc2c1c1cccnc1n2-c1ccccc1.Brc1cccc2c1c1ccncc1n2-c1ccccc1.Brc1cccc2c1c1cnccc1n2-c1ccccc1.Brc1cccc2c1c1ncccc1n2-c1ccccc1. The molecule has 80 heavy (non-hydrogen) atoms. The lowest BCUT2D eigenvalue weighted by molar-refractivity contribution is 1.14. The Morgan fingerprint density at radius 1 is 0.250 bits per heavy atom. The van der Waals surface area contributed by atoms with Gasteiger partial charge in [-0.05, 0) is 133 Å². The minimum atomic E-state index is 0.987. The Labute approximate surface area is 493 Å². The van der Waals surface area contributed by atoms with E-state index in [4.69, 9.17) is 0 Å². The van der Waals surface area contributed by atoms with Crippen LogP contribution in [0.5, 0.6) is 0 Å². The smallest absolute Gasteiger partial charge is 0.145 e. The van der Waals surface area contributed by atoms with Gasteiger partial charge in [-0.2, -0.15) is 0 Å². The van der Waals surface area contributed by atoms with Crippen LogP contribution in [0.4, 0.5) is 0 Å². The maximum atomic E-state index is 4.58. The molecule has 12 heteroatoms. The number of nitrogens with zero attached hydrogens (tertiary/aromatic N) is 8. The van der Waals surface area contributed by atoms with Crippen molar-refractivity contribution in [2.45, 2.75) is 0 Å². The van der Waals surface area contributed by atoms with E-state index in [2.05, 4.69) is 284 Å². The quantitative estimate of drug-likeness (QED) is 0.176. The number of fused-ring (bicyclic) bond motifs is 12. The Morgan fingerprint density at radius 2 is 0.650 bits per heavy atom. The molecule has 0 aliphatic rings. The second kappa shape index (κ2) is 22.3. The van der Waals surface area contributed by atoms with Gasteiger partial charge in [-0.15, -0.1) is 0 Å². The van der Waals surface area contributed by atoms with E-state index in [1.807, 2.05) is 85.7 Å². The number of rotatable bonds is 4. The summed E-state index contributed by atoms with van der Waals surface area (Å²) in [4.78, 5) is 17.7. The minimum absolute atomic E-state index is 0.987. The van der Waals surface area contributed by atoms with E-state index in [1.165, 1.54) is 59.9 Å². The van der Waals surface area contributed by atoms with Crippen LogP contribution < -0.4 is 0 Å². The van der Waals surface area contributed by atoms with Gasteiger partial charge in [0, 0.05) is 109 Å². The van der Waals surface area contributed by atoms with Crippen LogP contribution in [-0.2, 0) is 0 Å². The van der Waals surface area contributed by atoms with Gasteiger partial charge in [-0.3, -0.25) is 19.5 Å². The van der Waals surface area contributed by atoms with Gasteiger partial charge >= 0.3 is 0 Å². The van der Waals surface area contributed by atoms with Crippen LogP contribution in [0.3, 0.4) is 0 Å². The van der Waals surface area contributed by atoms with E-state index in [0.29, 0.717) is 0 Å². The highest BCUT2D eigenvalue weighted by atomic mass is 79.9. The summed E-state index contributed by atoms with van der Waals surface area (Å²) in [6.45, 7) is 0. The molecule has 16 aromatic rings. The zero-order valence-corrected chi connectivity index (χ0v) is 48.8. The predicted molar refractivity (Wildman–Crippen MR) is 345 cm³/mol. The molecule has 0 radical (unpaired) electrons. The van der Waals surface area contributed by atoms with Crippen molar-refractivity contribution >= 4 is 151 Å². The van der Waals surface area contributed by atoms with Gasteiger partial charge in [-0.25, -0.2) is 4.98 Å². The summed E-state index contributed by atoms with van der Waals surface area (Å²) < 4.78 is 13.4. The Bertz CT molecular complexity index is 4260. The number of halogens is 4. The summed E-state index contributed by atoms with van der Waals surface area (Å²) in [5.74, 6) is 0. The number of benzene rings is 8. The van der Waals surface area contributed by atoms with E-state index in [0.717, 1.165) is 68.2 Å². The van der Waals surface area contributed by atoms with Gasteiger partial charge in [0.05, 0.1) is 50.3 Å². The average Bonchev–Trinajstić information content (AvgIpc) is 4.42. The largest absolute Gasteiger partial charge is 0.309 e. The molecule has 0 N–H and O–H groups in total. The first-order chi connectivity index (χ1) is 39.4. The molecule has 16 rings (SSSR count). The Hall–Kier alpha value is -8.52. The van der Waals surface area contributed by atoms with Crippen molar-refractivity contribution in [3.05, 3.63) is 286 Å². The lowest BCUT2D eigenvalue weighted by Crippen LogP contribution is -1.94. The zero-order valence-electron chi connectivity index (χ0n) is 42.5. The monoisotopic (exact) mass is 1290 g/mol. The fourth-order valence-electron chi connectivity index (χ4n) is 10.8. The molecule has 0 saturated heterocycles. The molecule has 8 aromatic carbocycles. The normalized spacial score (nSPS) is 11.2. The van der Waals surface area contributed by atoms with Crippen molar-refractivity contribution < 1.29 is 0 Å². The molecule has 0 unspecified atom stereocenters. The van der Waals surface area contributed by atoms with Gasteiger partial charge in [-0.1, -0.05) is 161 Å². The van der Waals surface area contributed by atoms with Crippen LogP contribution in [0, 0.1) is 0 Å². The van der Waals surface area contributed by atoms with Gasteiger partial charge in [0.15, 0.2) is 0 Å². The van der Waals surface area contributed by atoms with Crippen LogP contribution in [0.25, 0.3) is 110 Å². The first-order valence-electron chi connectivity index (χ1n) is 25.8. The zero-order chi connectivity index (χ0) is 54.1. The highest BCUT2D eigenvalue weighted by Gasteiger charge is 2.18. The summed E-state index contributed by atoms with van der Waals surface area (Å²) in [5, 5.41) is 8.35. The first kappa shape index (κ1) is 51.0. The summed E-state index contributed by atoms with van der Waals surface area (Å²) in [7, 11) is 0. The van der Waals surface area contributed by atoms with E-state index in [-0.39, 0.29) is 0 Å². The maximum Gasteiger partial charge on any atom is 0.145 e. The summed E-state index contributed by atoms with van der Waals surface area (Å²) >= 11 is 14.6. The summed E-state index contributed by atoms with van der Waals surface area (Å²) in [5.41, 5.74) is 14.7. The van der Waals surface area contributed by atoms with Crippen molar-refractivity contribution in [2.24, 2.45) is 0 Å². The second-order valence-electron chi connectivity index (χ2n) is 18.8. The topological polar surface area (TPSA) is 71.3 Å². The van der Waals surface area contributed by atoms with Gasteiger partial charge < -0.3 is 13.7 Å². The third-order valence-corrected chi connectivity index (χ3v) is 16.8. The molecular formula is C68H44Br4N8. The summed E-state index contributed by atoms with van der Waals surface area (Å²) in [6.07, 6.45) is 11.2. The van der Waals surface area contributed by atoms with Crippen LogP contribution in [-0.4, -0.2) is 38.2 Å². The van der Waals surface area contributed by atoms with Gasteiger partial charge in [0.2, 0.25) is 0 Å². The molecule has 0 bridgehead atoms. The van der Waals surface area contributed by atoms with Crippen molar-refractivity contribution in [3.63, 3.8) is 0 Å². The third kappa shape index (κ3) is 9.27. The summed E-state index contributed by atoms with van der Waals surface area (Å²) in [6, 6.07) is 79.0. The molecule has 0 atom stereocenters. The Balaban J connectivity index is 0.000000101. The lowest BCUT2D eigenvalue weighted by atomic mass is 10.2. The molecule has 384 valence electrons. The van der Waals surface area contributed by atoms with Crippen molar-refractivity contribution in [1.29, 1.82) is 0 Å². The predicted octanol–water partition coefficient (Wildman–Crippen LogP) is 19.8. The van der Waals surface area contributed by atoms with E-state index in [9.17, 15) is 0 Å². The van der Waals surface area contributed by atoms with Crippen LogP contribution in [0.15, 0.2) is 286 Å². The van der Waals surface area contributed by atoms with Gasteiger partial charge in [0.1, 0.15) is 5.65 Å². The molecule has 8 aromatic heterocycles. The van der Waals surface area contributed by atoms with E-state index >= 15 is 0 Å². The van der Waals surface area contributed by atoms with E-state index < -0.39 is 0 Å². The molecule has 8 nitrogen and oxygen atoms in total. The lowest BCUT2D eigenvalue weighted by Gasteiger charge is -2.07. The number of hydrogen-bond donors (Lipinski definition) is 0. The number of aromatic nitrogens is 8. The van der Waals surface area contributed by atoms with Crippen LogP contribution >= 0.6 is 63.7 Å². The molecule has 0 aliphatic heterocycles. The molecule has 0 spiro atoms. The average molecular weight is 1290 g/mol. The molecule has 0 aliphatic carbocycles. The van der Waals surface area contributed by atoms with Gasteiger partial charge in [0.25, 0.3) is 0 Å². The Kier molecular flexibility index (Phi) is 14.2. The van der Waals surface area contributed by atoms with E-state index in [1.54, 1.807) is 0 Å². The number of pyridine rings is 4. The second-order valence-corrected chi connectivity index (χ2v) is 22.2. The third-order valence-electron chi connectivity index (χ3n) is 14.1. The molecular weight excluding hydrogens is 1250 g/mol. The highest BCUT2D eigenvalue weighted by molar-refractivity contribution is 9.11. The molecule has 0 saturated carbocycles. The first-order valence-corrected chi connectivity index (χ1v) is 29.0. The number of para-hydroxylation sites is 4.